The summed E-state index contributed by atoms with van der Waals surface area (Å²) in [7, 11) is 0. The zero-order valence-corrected chi connectivity index (χ0v) is 11.1. The molecular formula is C14H17N3O2. The van der Waals surface area contributed by atoms with Gasteiger partial charge in [0.25, 0.3) is 0 Å². The Labute approximate surface area is 112 Å². The van der Waals surface area contributed by atoms with Crippen molar-refractivity contribution >= 4 is 23.2 Å². The zero-order chi connectivity index (χ0) is 14.3. The number of hydrogen-bond donors (Lipinski definition) is 2. The molecule has 5 nitrogen and oxygen atoms in total. The molecule has 1 aromatic rings. The lowest BCUT2D eigenvalue weighted by molar-refractivity contribution is -0.118. The van der Waals surface area contributed by atoms with Crippen LogP contribution in [0.5, 0.6) is 0 Å². The highest BCUT2D eigenvalue weighted by atomic mass is 16.2. The Morgan fingerprint density at radius 1 is 1.32 bits per heavy atom. The first-order valence-electron chi connectivity index (χ1n) is 6.15. The van der Waals surface area contributed by atoms with Crippen LogP contribution in [0.3, 0.4) is 0 Å². The summed E-state index contributed by atoms with van der Waals surface area (Å²) in [5, 5.41) is 14.2. The summed E-state index contributed by atoms with van der Waals surface area (Å²) in [6, 6.07) is 8.80. The third-order valence-electron chi connectivity index (χ3n) is 2.50. The third-order valence-corrected chi connectivity index (χ3v) is 2.50. The molecule has 0 fully saturated rings. The Morgan fingerprint density at radius 3 is 2.47 bits per heavy atom. The summed E-state index contributed by atoms with van der Waals surface area (Å²) < 4.78 is 0. The minimum Gasteiger partial charge on any atom is -0.326 e. The highest BCUT2D eigenvalue weighted by Gasteiger charge is 2.16. The summed E-state index contributed by atoms with van der Waals surface area (Å²) in [5.74, 6) is -1.14. The molecule has 0 aliphatic carbocycles. The van der Waals surface area contributed by atoms with E-state index in [1.54, 1.807) is 24.3 Å². The molecule has 0 saturated carbocycles. The van der Waals surface area contributed by atoms with Gasteiger partial charge >= 0.3 is 0 Å². The quantitative estimate of drug-likeness (QED) is 0.852. The van der Waals surface area contributed by atoms with Crippen molar-refractivity contribution in [3.8, 4) is 6.07 Å². The maximum atomic E-state index is 11.8. The van der Waals surface area contributed by atoms with Gasteiger partial charge in [-0.2, -0.15) is 5.26 Å². The largest absolute Gasteiger partial charge is 0.326 e. The first-order valence-corrected chi connectivity index (χ1v) is 6.15. The molecule has 2 amide bonds. The van der Waals surface area contributed by atoms with Gasteiger partial charge in [-0.15, -0.1) is 0 Å². The fraction of sp³-hybridized carbons (Fsp3) is 0.357. The fourth-order valence-electron chi connectivity index (χ4n) is 1.65. The summed E-state index contributed by atoms with van der Waals surface area (Å²) >= 11 is 0. The summed E-state index contributed by atoms with van der Waals surface area (Å²) in [6.07, 6.45) is 1.31. The van der Waals surface area contributed by atoms with Gasteiger partial charge in [0.1, 0.15) is 5.92 Å². The van der Waals surface area contributed by atoms with E-state index in [1.807, 2.05) is 13.0 Å². The molecule has 19 heavy (non-hydrogen) atoms. The molecule has 2 N–H and O–H groups in total. The zero-order valence-electron chi connectivity index (χ0n) is 11.1. The molecule has 1 aromatic carbocycles. The van der Waals surface area contributed by atoms with Gasteiger partial charge in [0, 0.05) is 18.3 Å². The number of nitrogens with zero attached hydrogens (tertiary/aromatic N) is 1. The van der Waals surface area contributed by atoms with E-state index in [-0.39, 0.29) is 11.8 Å². The van der Waals surface area contributed by atoms with Gasteiger partial charge in [-0.3, -0.25) is 9.59 Å². The van der Waals surface area contributed by atoms with Gasteiger partial charge < -0.3 is 10.6 Å². The van der Waals surface area contributed by atoms with Gasteiger partial charge in [-0.1, -0.05) is 19.4 Å². The number of amides is 2. The highest BCUT2D eigenvalue weighted by molar-refractivity contribution is 5.95. The summed E-state index contributed by atoms with van der Waals surface area (Å²) in [4.78, 5) is 22.8. The number of benzene rings is 1. The maximum Gasteiger partial charge on any atom is 0.241 e. The molecule has 0 spiro atoms. The minimum absolute atomic E-state index is 0.177. The molecule has 0 aliphatic heterocycles. The SMILES string of the molecule is CCCC(C#N)C(=O)Nc1cccc(NC(C)=O)c1. The molecule has 0 radical (unpaired) electrons. The van der Waals surface area contributed by atoms with Crippen LogP contribution in [0.15, 0.2) is 24.3 Å². The highest BCUT2D eigenvalue weighted by Crippen LogP contribution is 2.16. The van der Waals surface area contributed by atoms with E-state index < -0.39 is 5.92 Å². The van der Waals surface area contributed by atoms with Crippen molar-refractivity contribution in [3.05, 3.63) is 24.3 Å². The van der Waals surface area contributed by atoms with Crippen LogP contribution in [-0.2, 0) is 9.59 Å². The van der Waals surface area contributed by atoms with Crippen LogP contribution in [0.25, 0.3) is 0 Å². The van der Waals surface area contributed by atoms with Crippen LogP contribution in [-0.4, -0.2) is 11.8 Å². The minimum atomic E-state index is -0.644. The Bertz CT molecular complexity index is 506. The van der Waals surface area contributed by atoms with Crippen LogP contribution < -0.4 is 10.6 Å². The standard InChI is InChI=1S/C14H17N3O2/c1-3-5-11(9-15)14(19)17-13-7-4-6-12(8-13)16-10(2)18/h4,6-8,11H,3,5H2,1-2H3,(H,16,18)(H,17,19). The molecule has 1 unspecified atom stereocenters. The molecule has 100 valence electrons. The second-order valence-electron chi connectivity index (χ2n) is 4.22. The van der Waals surface area contributed by atoms with Gasteiger partial charge in [0.15, 0.2) is 0 Å². The average Bonchev–Trinajstić information content (AvgIpc) is 2.35. The van der Waals surface area contributed by atoms with Gasteiger partial charge in [-0.05, 0) is 24.6 Å². The van der Waals surface area contributed by atoms with Crippen molar-refractivity contribution in [1.29, 1.82) is 5.26 Å². The van der Waals surface area contributed by atoms with Crippen molar-refractivity contribution in [2.75, 3.05) is 10.6 Å². The van der Waals surface area contributed by atoms with E-state index >= 15 is 0 Å². The predicted molar refractivity (Wildman–Crippen MR) is 73.4 cm³/mol. The molecule has 0 heterocycles. The Hall–Kier alpha value is -2.35. The topological polar surface area (TPSA) is 82.0 Å². The van der Waals surface area contributed by atoms with Gasteiger partial charge in [-0.25, -0.2) is 0 Å². The van der Waals surface area contributed by atoms with E-state index in [2.05, 4.69) is 10.6 Å². The molecular weight excluding hydrogens is 242 g/mol. The molecule has 0 bridgehead atoms. The monoisotopic (exact) mass is 259 g/mol. The lowest BCUT2D eigenvalue weighted by Crippen LogP contribution is -2.21. The predicted octanol–water partition coefficient (Wildman–Crippen LogP) is 2.52. The van der Waals surface area contributed by atoms with Crippen LogP contribution in [0, 0.1) is 17.2 Å². The number of nitriles is 1. The number of hydrogen-bond acceptors (Lipinski definition) is 3. The average molecular weight is 259 g/mol. The Balaban J connectivity index is 2.74. The second-order valence-corrected chi connectivity index (χ2v) is 4.22. The summed E-state index contributed by atoms with van der Waals surface area (Å²) in [6.45, 7) is 3.34. The number of rotatable bonds is 5. The van der Waals surface area contributed by atoms with Crippen molar-refractivity contribution in [3.63, 3.8) is 0 Å². The van der Waals surface area contributed by atoms with Crippen molar-refractivity contribution in [2.45, 2.75) is 26.7 Å². The molecule has 5 heteroatoms. The molecule has 0 saturated heterocycles. The first kappa shape index (κ1) is 14.7. The van der Waals surface area contributed by atoms with E-state index in [9.17, 15) is 9.59 Å². The van der Waals surface area contributed by atoms with Crippen LogP contribution in [0.4, 0.5) is 11.4 Å². The lowest BCUT2D eigenvalue weighted by Gasteiger charge is -2.10. The van der Waals surface area contributed by atoms with E-state index in [0.717, 1.165) is 6.42 Å². The van der Waals surface area contributed by atoms with Gasteiger partial charge in [0.2, 0.25) is 11.8 Å². The normalized spacial score (nSPS) is 11.2. The van der Waals surface area contributed by atoms with Crippen LogP contribution >= 0.6 is 0 Å². The fourth-order valence-corrected chi connectivity index (χ4v) is 1.65. The smallest absolute Gasteiger partial charge is 0.241 e. The van der Waals surface area contributed by atoms with E-state index in [0.29, 0.717) is 17.8 Å². The second kappa shape index (κ2) is 7.17. The summed E-state index contributed by atoms with van der Waals surface area (Å²) in [5.41, 5.74) is 1.17. The number of carbonyl (C=O) groups is 2. The molecule has 1 rings (SSSR count). The molecule has 0 aliphatic rings. The Morgan fingerprint density at radius 2 is 1.95 bits per heavy atom. The Kier molecular flexibility index (Phi) is 5.55. The number of nitrogens with one attached hydrogen (secondary N) is 2. The van der Waals surface area contributed by atoms with Crippen LogP contribution in [0.1, 0.15) is 26.7 Å². The number of carbonyl (C=O) groups excluding carboxylic acids is 2. The molecule has 1 atom stereocenters. The van der Waals surface area contributed by atoms with Gasteiger partial charge in [0.05, 0.1) is 6.07 Å². The van der Waals surface area contributed by atoms with Crippen molar-refractivity contribution in [2.24, 2.45) is 5.92 Å². The van der Waals surface area contributed by atoms with Crippen molar-refractivity contribution < 1.29 is 9.59 Å². The van der Waals surface area contributed by atoms with Crippen molar-refractivity contribution in [1.82, 2.24) is 0 Å². The lowest BCUT2D eigenvalue weighted by atomic mass is 10.0. The third kappa shape index (κ3) is 4.80. The first-order chi connectivity index (χ1) is 9.06. The maximum absolute atomic E-state index is 11.8. The van der Waals surface area contributed by atoms with E-state index in [4.69, 9.17) is 5.26 Å². The van der Waals surface area contributed by atoms with E-state index in [1.165, 1.54) is 6.92 Å². The number of anilines is 2. The van der Waals surface area contributed by atoms with Crippen LogP contribution in [0.2, 0.25) is 0 Å². The molecule has 0 aromatic heterocycles.